The molecule has 2 amide bonds. The van der Waals surface area contributed by atoms with Gasteiger partial charge in [-0.15, -0.1) is 0 Å². The van der Waals surface area contributed by atoms with Crippen molar-refractivity contribution in [2.24, 2.45) is 0 Å². The van der Waals surface area contributed by atoms with Gasteiger partial charge in [-0.2, -0.15) is 0 Å². The van der Waals surface area contributed by atoms with Crippen molar-refractivity contribution in [1.29, 1.82) is 0 Å². The SMILES string of the molecule is CCC(=O)Nc1cccc(NC(=O)CBr)c1.CCc1ccc(-c2ccc(CBr)cc2)cc1.CCc1cccc(CBr)c1. The smallest absolute Gasteiger partial charge is 0.235 e. The van der Waals surface area contributed by atoms with E-state index in [0.29, 0.717) is 17.8 Å². The van der Waals surface area contributed by atoms with Gasteiger partial charge in [0.1, 0.15) is 0 Å². The largest absolute Gasteiger partial charge is 0.326 e. The van der Waals surface area contributed by atoms with Gasteiger partial charge in [0.15, 0.2) is 0 Å². The maximum atomic E-state index is 11.2. The monoisotopic (exact) mass is 756 g/mol. The molecule has 0 atom stereocenters. The number of amides is 2. The Bertz CT molecular complexity index is 1280. The molecule has 4 rings (SSSR count). The Kier molecular flexibility index (Phi) is 17.1. The maximum Gasteiger partial charge on any atom is 0.235 e. The summed E-state index contributed by atoms with van der Waals surface area (Å²) in [5.41, 5.74) is 9.40. The predicted molar refractivity (Wildman–Crippen MR) is 190 cm³/mol. The summed E-state index contributed by atoms with van der Waals surface area (Å²) < 4.78 is 0. The molecule has 0 saturated heterocycles. The predicted octanol–water partition coefficient (Wildman–Crippen LogP) is 10.3. The second-order valence-electron chi connectivity index (χ2n) is 9.35. The van der Waals surface area contributed by atoms with Gasteiger partial charge in [0.05, 0.1) is 5.33 Å². The molecule has 0 aliphatic rings. The van der Waals surface area contributed by atoms with Gasteiger partial charge in [-0.3, -0.25) is 9.59 Å². The van der Waals surface area contributed by atoms with E-state index in [-0.39, 0.29) is 17.1 Å². The lowest BCUT2D eigenvalue weighted by Crippen LogP contribution is -2.13. The first-order chi connectivity index (χ1) is 20.3. The minimum atomic E-state index is -0.126. The summed E-state index contributed by atoms with van der Waals surface area (Å²) in [5.74, 6) is -0.178. The molecule has 0 aliphatic carbocycles. The van der Waals surface area contributed by atoms with Gasteiger partial charge < -0.3 is 10.6 Å². The van der Waals surface area contributed by atoms with Crippen LogP contribution in [-0.2, 0) is 33.1 Å². The summed E-state index contributed by atoms with van der Waals surface area (Å²) in [5, 5.41) is 7.53. The zero-order chi connectivity index (χ0) is 30.7. The fourth-order valence-corrected chi connectivity index (χ4v) is 4.63. The van der Waals surface area contributed by atoms with Crippen LogP contribution in [0.4, 0.5) is 11.4 Å². The fraction of sp³-hybridized carbons (Fsp3) is 0.257. The topological polar surface area (TPSA) is 58.2 Å². The van der Waals surface area contributed by atoms with Crippen LogP contribution in [0.15, 0.2) is 97.1 Å². The van der Waals surface area contributed by atoms with Crippen LogP contribution >= 0.6 is 47.8 Å². The molecule has 7 heteroatoms. The highest BCUT2D eigenvalue weighted by molar-refractivity contribution is 9.09. The minimum absolute atomic E-state index is 0.0519. The third-order valence-electron chi connectivity index (χ3n) is 6.23. The number of carbonyl (C=O) groups excluding carboxylic acids is 2. The van der Waals surface area contributed by atoms with Crippen LogP contribution in [0.2, 0.25) is 0 Å². The highest BCUT2D eigenvalue weighted by atomic mass is 79.9. The van der Waals surface area contributed by atoms with Crippen molar-refractivity contribution in [3.63, 3.8) is 0 Å². The number of benzene rings is 4. The van der Waals surface area contributed by atoms with Crippen LogP contribution in [0.1, 0.15) is 49.4 Å². The van der Waals surface area contributed by atoms with Gasteiger partial charge in [-0.25, -0.2) is 0 Å². The van der Waals surface area contributed by atoms with E-state index in [2.05, 4.69) is 145 Å². The Balaban J connectivity index is 0.000000227. The highest BCUT2D eigenvalue weighted by Crippen LogP contribution is 2.21. The molecule has 0 heterocycles. The van der Waals surface area contributed by atoms with E-state index < -0.39 is 0 Å². The molecule has 2 N–H and O–H groups in total. The van der Waals surface area contributed by atoms with Gasteiger partial charge >= 0.3 is 0 Å². The lowest BCUT2D eigenvalue weighted by molar-refractivity contribution is -0.116. The van der Waals surface area contributed by atoms with Crippen LogP contribution in [0, 0.1) is 0 Å². The molecule has 0 radical (unpaired) electrons. The Morgan fingerprint density at radius 2 is 1.02 bits per heavy atom. The van der Waals surface area contributed by atoms with Crippen LogP contribution < -0.4 is 10.6 Å². The Morgan fingerprint density at radius 1 is 0.548 bits per heavy atom. The quantitative estimate of drug-likeness (QED) is 0.167. The van der Waals surface area contributed by atoms with Crippen molar-refractivity contribution >= 4 is 71.0 Å². The number of anilines is 2. The zero-order valence-electron chi connectivity index (χ0n) is 24.4. The number of nitrogens with one attached hydrogen (secondary N) is 2. The van der Waals surface area contributed by atoms with Crippen LogP contribution in [-0.4, -0.2) is 17.1 Å². The molecule has 0 unspecified atom stereocenters. The molecule has 222 valence electrons. The standard InChI is InChI=1S/C15H15Br.C11H13BrN2O2.C9H11Br/c1-2-12-3-7-14(8-4-12)15-9-5-13(11-16)6-10-15;1-2-10(15)13-8-4-3-5-9(6-8)14-11(16)7-12;1-2-8-4-3-5-9(6-8)7-10/h3-10H,2,11H2,1H3;3-6H,2,7H2,1H3,(H,13,15)(H,14,16);3-6H,2,7H2,1H3. The van der Waals surface area contributed by atoms with E-state index in [4.69, 9.17) is 0 Å². The third kappa shape index (κ3) is 13.1. The average Bonchev–Trinajstić information content (AvgIpc) is 3.05. The van der Waals surface area contributed by atoms with E-state index >= 15 is 0 Å². The fourth-order valence-electron chi connectivity index (χ4n) is 3.77. The van der Waals surface area contributed by atoms with Crippen molar-refractivity contribution in [2.75, 3.05) is 16.0 Å². The number of hydrogen-bond donors (Lipinski definition) is 2. The van der Waals surface area contributed by atoms with Crippen LogP contribution in [0.5, 0.6) is 0 Å². The molecule has 4 aromatic carbocycles. The number of alkyl halides is 3. The number of aryl methyl sites for hydroxylation is 2. The Morgan fingerprint density at radius 3 is 1.50 bits per heavy atom. The first-order valence-electron chi connectivity index (χ1n) is 14.0. The molecule has 4 nitrogen and oxygen atoms in total. The Hall–Kier alpha value is -2.74. The third-order valence-corrected chi connectivity index (χ3v) is 8.03. The van der Waals surface area contributed by atoms with Gasteiger partial charge in [-0.05, 0) is 64.4 Å². The Labute approximate surface area is 276 Å². The van der Waals surface area contributed by atoms with Gasteiger partial charge in [0.2, 0.25) is 11.8 Å². The van der Waals surface area contributed by atoms with E-state index in [1.165, 1.54) is 33.4 Å². The molecule has 4 aromatic rings. The molecular formula is C35H39Br3N2O2. The molecule has 0 aromatic heterocycles. The minimum Gasteiger partial charge on any atom is -0.326 e. The summed E-state index contributed by atoms with van der Waals surface area (Å²) >= 11 is 9.94. The number of halogens is 3. The molecule has 0 fully saturated rings. The summed E-state index contributed by atoms with van der Waals surface area (Å²) in [7, 11) is 0. The highest BCUT2D eigenvalue weighted by Gasteiger charge is 2.03. The van der Waals surface area contributed by atoms with Crippen molar-refractivity contribution in [1.82, 2.24) is 0 Å². The zero-order valence-corrected chi connectivity index (χ0v) is 29.2. The first-order valence-corrected chi connectivity index (χ1v) is 17.4. The van der Waals surface area contributed by atoms with E-state index in [9.17, 15) is 9.59 Å². The molecule has 0 spiro atoms. The van der Waals surface area contributed by atoms with E-state index in [1.54, 1.807) is 31.2 Å². The molecule has 0 aliphatic heterocycles. The van der Waals surface area contributed by atoms with Crippen LogP contribution in [0.25, 0.3) is 11.1 Å². The summed E-state index contributed by atoms with van der Waals surface area (Å²) in [6.45, 7) is 6.14. The lowest BCUT2D eigenvalue weighted by atomic mass is 10.0. The van der Waals surface area contributed by atoms with Crippen LogP contribution in [0.3, 0.4) is 0 Å². The molecule has 0 saturated carbocycles. The normalized spacial score (nSPS) is 9.95. The second kappa shape index (κ2) is 20.2. The summed E-state index contributed by atoms with van der Waals surface area (Å²) in [6, 6.07) is 33.1. The van der Waals surface area contributed by atoms with E-state index in [1.807, 2.05) is 0 Å². The van der Waals surface area contributed by atoms with Gasteiger partial charge in [-0.1, -0.05) is 147 Å². The van der Waals surface area contributed by atoms with Crippen molar-refractivity contribution in [3.05, 3.63) is 119 Å². The van der Waals surface area contributed by atoms with Crippen molar-refractivity contribution in [2.45, 2.75) is 50.7 Å². The molecule has 0 bridgehead atoms. The lowest BCUT2D eigenvalue weighted by Gasteiger charge is -2.07. The average molecular weight is 759 g/mol. The number of carbonyl (C=O) groups is 2. The van der Waals surface area contributed by atoms with E-state index in [0.717, 1.165) is 23.5 Å². The summed E-state index contributed by atoms with van der Waals surface area (Å²) in [4.78, 5) is 22.3. The second-order valence-corrected chi connectivity index (χ2v) is 11.0. The number of hydrogen-bond acceptors (Lipinski definition) is 2. The van der Waals surface area contributed by atoms with Crippen molar-refractivity contribution in [3.8, 4) is 11.1 Å². The summed E-state index contributed by atoms with van der Waals surface area (Å²) in [6.07, 6.45) is 2.65. The molecular weight excluding hydrogens is 720 g/mol. The van der Waals surface area contributed by atoms with Crippen molar-refractivity contribution < 1.29 is 9.59 Å². The molecule has 42 heavy (non-hydrogen) atoms. The first kappa shape index (κ1) is 35.5. The maximum absolute atomic E-state index is 11.2. The van der Waals surface area contributed by atoms with Gasteiger partial charge in [0, 0.05) is 28.5 Å². The number of rotatable bonds is 9. The van der Waals surface area contributed by atoms with Gasteiger partial charge in [0.25, 0.3) is 0 Å².